The summed E-state index contributed by atoms with van der Waals surface area (Å²) in [5.41, 5.74) is 0.255. The first-order valence-electron chi connectivity index (χ1n) is 5.51. The van der Waals surface area contributed by atoms with E-state index in [1.807, 2.05) is 0 Å². The van der Waals surface area contributed by atoms with Crippen molar-refractivity contribution in [3.8, 4) is 5.75 Å². The van der Waals surface area contributed by atoms with Crippen molar-refractivity contribution >= 4 is 11.8 Å². The molecule has 1 heterocycles. The van der Waals surface area contributed by atoms with Crippen molar-refractivity contribution in [2.45, 2.75) is 0 Å². The quantitative estimate of drug-likeness (QED) is 0.670. The normalized spacial score (nSPS) is 9.95. The zero-order valence-electron chi connectivity index (χ0n) is 10.2. The molecule has 0 aliphatic rings. The molecule has 96 valence electrons. The van der Waals surface area contributed by atoms with Crippen LogP contribution in [0.3, 0.4) is 0 Å². The number of aromatic nitrogens is 1. The Kier molecular flexibility index (Phi) is 3.56. The largest absolute Gasteiger partial charge is 0.505 e. The number of pyridine rings is 1. The molecule has 0 radical (unpaired) electrons. The predicted molar refractivity (Wildman–Crippen MR) is 67.1 cm³/mol. The van der Waals surface area contributed by atoms with Gasteiger partial charge in [-0.3, -0.25) is 4.79 Å². The minimum absolute atomic E-state index is 0.0735. The van der Waals surface area contributed by atoms with Crippen molar-refractivity contribution in [2.75, 3.05) is 7.11 Å². The van der Waals surface area contributed by atoms with Gasteiger partial charge in [0.2, 0.25) is 5.78 Å². The summed E-state index contributed by atoms with van der Waals surface area (Å²) in [4.78, 5) is 27.4. The van der Waals surface area contributed by atoms with Crippen LogP contribution in [-0.4, -0.2) is 29.0 Å². The first kappa shape index (κ1) is 12.8. The standard InChI is InChI=1S/C14H11NO4/c1-19-14(18)12-11(16)8-7-10(15-12)13(17)9-5-3-2-4-6-9/h2-8,16H,1H3. The molecule has 0 fully saturated rings. The molecule has 2 rings (SSSR count). The fraction of sp³-hybridized carbons (Fsp3) is 0.0714. The second-order valence-electron chi connectivity index (χ2n) is 3.75. The lowest BCUT2D eigenvalue weighted by Gasteiger charge is -2.04. The highest BCUT2D eigenvalue weighted by Crippen LogP contribution is 2.17. The molecule has 0 bridgehead atoms. The highest BCUT2D eigenvalue weighted by molar-refractivity contribution is 6.08. The minimum atomic E-state index is -0.791. The second kappa shape index (κ2) is 5.30. The number of ether oxygens (including phenoxy) is 1. The molecule has 0 atom stereocenters. The molecule has 1 aromatic carbocycles. The summed E-state index contributed by atoms with van der Waals surface area (Å²) in [5, 5.41) is 9.51. The number of ketones is 1. The van der Waals surface area contributed by atoms with Gasteiger partial charge in [-0.25, -0.2) is 9.78 Å². The van der Waals surface area contributed by atoms with Crippen molar-refractivity contribution in [3.05, 3.63) is 59.4 Å². The highest BCUT2D eigenvalue weighted by Gasteiger charge is 2.18. The SMILES string of the molecule is COC(=O)c1nc(C(=O)c2ccccc2)ccc1O. The molecule has 1 N–H and O–H groups in total. The van der Waals surface area contributed by atoms with Crippen molar-refractivity contribution in [3.63, 3.8) is 0 Å². The number of carbonyl (C=O) groups excluding carboxylic acids is 2. The number of carbonyl (C=O) groups is 2. The van der Waals surface area contributed by atoms with Crippen molar-refractivity contribution in [1.29, 1.82) is 0 Å². The van der Waals surface area contributed by atoms with E-state index < -0.39 is 5.97 Å². The molecule has 0 aliphatic carbocycles. The van der Waals surface area contributed by atoms with E-state index in [0.29, 0.717) is 5.56 Å². The minimum Gasteiger partial charge on any atom is -0.505 e. The Morgan fingerprint density at radius 3 is 2.42 bits per heavy atom. The molecule has 0 unspecified atom stereocenters. The predicted octanol–water partition coefficient (Wildman–Crippen LogP) is 1.80. The lowest BCUT2D eigenvalue weighted by molar-refractivity contribution is 0.0590. The zero-order chi connectivity index (χ0) is 13.8. The first-order chi connectivity index (χ1) is 9.13. The molecule has 5 nitrogen and oxygen atoms in total. The van der Waals surface area contributed by atoms with Gasteiger partial charge in [0.05, 0.1) is 7.11 Å². The Bertz CT molecular complexity index is 623. The van der Waals surface area contributed by atoms with Crippen molar-refractivity contribution in [2.24, 2.45) is 0 Å². The third kappa shape index (κ3) is 2.60. The van der Waals surface area contributed by atoms with E-state index in [2.05, 4.69) is 9.72 Å². The van der Waals surface area contributed by atoms with Gasteiger partial charge in [0, 0.05) is 5.56 Å². The van der Waals surface area contributed by atoms with Crippen LogP contribution in [0.1, 0.15) is 26.5 Å². The number of hydrogen-bond donors (Lipinski definition) is 1. The van der Waals surface area contributed by atoms with Crippen molar-refractivity contribution < 1.29 is 19.4 Å². The number of benzene rings is 1. The Morgan fingerprint density at radius 2 is 1.79 bits per heavy atom. The number of hydrogen-bond acceptors (Lipinski definition) is 5. The molecular weight excluding hydrogens is 246 g/mol. The lowest BCUT2D eigenvalue weighted by atomic mass is 10.1. The van der Waals surface area contributed by atoms with Crippen LogP contribution in [0.5, 0.6) is 5.75 Å². The second-order valence-corrected chi connectivity index (χ2v) is 3.75. The zero-order valence-corrected chi connectivity index (χ0v) is 10.2. The number of rotatable bonds is 3. The summed E-state index contributed by atoms with van der Waals surface area (Å²) in [6.45, 7) is 0. The Labute approximate surface area is 109 Å². The van der Waals surface area contributed by atoms with Gasteiger partial charge in [0.25, 0.3) is 0 Å². The third-order valence-corrected chi connectivity index (χ3v) is 2.52. The van der Waals surface area contributed by atoms with Crippen LogP contribution in [0.15, 0.2) is 42.5 Å². The number of nitrogens with zero attached hydrogens (tertiary/aromatic N) is 1. The number of aromatic hydroxyl groups is 1. The van der Waals surface area contributed by atoms with Gasteiger partial charge in [0.15, 0.2) is 5.69 Å². The monoisotopic (exact) mass is 257 g/mol. The van der Waals surface area contributed by atoms with E-state index in [-0.39, 0.29) is 22.9 Å². The van der Waals surface area contributed by atoms with Crippen LogP contribution in [0.4, 0.5) is 0 Å². The van der Waals surface area contributed by atoms with Crippen LogP contribution < -0.4 is 0 Å². The molecular formula is C14H11NO4. The molecule has 0 amide bonds. The maximum absolute atomic E-state index is 12.1. The van der Waals surface area contributed by atoms with Gasteiger partial charge in [-0.2, -0.15) is 0 Å². The molecule has 2 aromatic rings. The van der Waals surface area contributed by atoms with Gasteiger partial charge in [0.1, 0.15) is 11.4 Å². The molecule has 19 heavy (non-hydrogen) atoms. The van der Waals surface area contributed by atoms with Crippen LogP contribution in [-0.2, 0) is 4.74 Å². The summed E-state index contributed by atoms with van der Waals surface area (Å²) in [6, 6.07) is 11.2. The topological polar surface area (TPSA) is 76.5 Å². The maximum atomic E-state index is 12.1. The number of methoxy groups -OCH3 is 1. The van der Waals surface area contributed by atoms with Crippen LogP contribution in [0, 0.1) is 0 Å². The van der Waals surface area contributed by atoms with E-state index in [1.165, 1.54) is 19.2 Å². The molecule has 0 spiro atoms. The van der Waals surface area contributed by atoms with E-state index in [0.717, 1.165) is 0 Å². The highest BCUT2D eigenvalue weighted by atomic mass is 16.5. The summed E-state index contributed by atoms with van der Waals surface area (Å²) in [5.74, 6) is -1.44. The van der Waals surface area contributed by atoms with E-state index in [1.54, 1.807) is 30.3 Å². The molecule has 0 saturated heterocycles. The average Bonchev–Trinajstić information content (AvgIpc) is 2.47. The van der Waals surface area contributed by atoms with E-state index in [4.69, 9.17) is 0 Å². The summed E-state index contributed by atoms with van der Waals surface area (Å²) >= 11 is 0. The van der Waals surface area contributed by atoms with Gasteiger partial charge >= 0.3 is 5.97 Å². The van der Waals surface area contributed by atoms with Gasteiger partial charge in [-0.05, 0) is 12.1 Å². The Morgan fingerprint density at radius 1 is 1.11 bits per heavy atom. The summed E-state index contributed by atoms with van der Waals surface area (Å²) in [6.07, 6.45) is 0. The molecule has 0 saturated carbocycles. The first-order valence-corrected chi connectivity index (χ1v) is 5.51. The van der Waals surface area contributed by atoms with E-state index in [9.17, 15) is 14.7 Å². The third-order valence-electron chi connectivity index (χ3n) is 2.52. The average molecular weight is 257 g/mol. The smallest absolute Gasteiger partial charge is 0.360 e. The lowest BCUT2D eigenvalue weighted by Crippen LogP contribution is -2.10. The van der Waals surface area contributed by atoms with Crippen LogP contribution in [0.2, 0.25) is 0 Å². The van der Waals surface area contributed by atoms with Gasteiger partial charge < -0.3 is 9.84 Å². The maximum Gasteiger partial charge on any atom is 0.360 e. The van der Waals surface area contributed by atoms with Crippen molar-refractivity contribution in [1.82, 2.24) is 4.98 Å². The Balaban J connectivity index is 2.42. The summed E-state index contributed by atoms with van der Waals surface area (Å²) < 4.78 is 4.48. The van der Waals surface area contributed by atoms with Crippen LogP contribution in [0.25, 0.3) is 0 Å². The number of esters is 1. The van der Waals surface area contributed by atoms with Gasteiger partial charge in [-0.1, -0.05) is 30.3 Å². The molecule has 1 aromatic heterocycles. The Hall–Kier alpha value is -2.69. The molecule has 5 heteroatoms. The fourth-order valence-corrected chi connectivity index (χ4v) is 1.56. The van der Waals surface area contributed by atoms with Gasteiger partial charge in [-0.15, -0.1) is 0 Å². The van der Waals surface area contributed by atoms with Crippen LogP contribution >= 0.6 is 0 Å². The fourth-order valence-electron chi connectivity index (χ4n) is 1.56. The summed E-state index contributed by atoms with van der Waals surface area (Å²) in [7, 11) is 1.18. The van der Waals surface area contributed by atoms with E-state index >= 15 is 0 Å². The molecule has 0 aliphatic heterocycles.